The molecular formula is C27H24ClFNO5+. The second-order valence-electron chi connectivity index (χ2n) is 9.16. The zero-order chi connectivity index (χ0) is 24.7. The van der Waals surface area contributed by atoms with E-state index in [-0.39, 0.29) is 40.2 Å². The first-order valence-electron chi connectivity index (χ1n) is 11.3. The quantitative estimate of drug-likeness (QED) is 0.466. The molecule has 3 heterocycles. The molecule has 1 amide bonds. The third-order valence-electron chi connectivity index (χ3n) is 6.96. The molecule has 0 aliphatic carbocycles. The number of hydrogen-bond acceptors (Lipinski definition) is 4. The number of carboxylic acids is 1. The van der Waals surface area contributed by atoms with Crippen LogP contribution in [0.25, 0.3) is 11.1 Å². The molecule has 3 unspecified atom stereocenters. The number of ether oxygens (including phenoxy) is 2. The van der Waals surface area contributed by atoms with Crippen molar-refractivity contribution in [3.63, 3.8) is 0 Å². The van der Waals surface area contributed by atoms with Crippen molar-refractivity contribution in [2.24, 2.45) is 0 Å². The lowest BCUT2D eigenvalue weighted by molar-refractivity contribution is -0.940. The van der Waals surface area contributed by atoms with Crippen molar-refractivity contribution < 1.29 is 33.0 Å². The number of nitrogens with zero attached hydrogens (tertiary/aromatic N) is 1. The molecule has 3 aliphatic heterocycles. The Balaban J connectivity index is 1.39. The highest BCUT2D eigenvalue weighted by Gasteiger charge is 2.61. The number of carboxylic acid groups (broad SMARTS) is 1. The Morgan fingerprint density at radius 1 is 1.14 bits per heavy atom. The molecule has 1 N–H and O–H groups in total. The predicted octanol–water partition coefficient (Wildman–Crippen LogP) is 5.59. The zero-order valence-corrected chi connectivity index (χ0v) is 19.8. The molecule has 3 aromatic rings. The minimum Gasteiger partial charge on any atom is -0.481 e. The molecule has 0 aromatic heterocycles. The van der Waals surface area contributed by atoms with Crippen LogP contribution in [0, 0.1) is 5.82 Å². The van der Waals surface area contributed by atoms with E-state index in [1.165, 1.54) is 12.1 Å². The molecule has 0 spiro atoms. The summed E-state index contributed by atoms with van der Waals surface area (Å²) >= 11 is 5.81. The number of hydrogen-bond donors (Lipinski definition) is 1. The van der Waals surface area contributed by atoms with Crippen LogP contribution in [-0.2, 0) is 29.1 Å². The van der Waals surface area contributed by atoms with Gasteiger partial charge in [0.15, 0.2) is 6.10 Å². The number of amides is 1. The van der Waals surface area contributed by atoms with Gasteiger partial charge in [-0.15, -0.1) is 0 Å². The van der Waals surface area contributed by atoms with Crippen molar-refractivity contribution in [1.82, 2.24) is 0 Å². The second-order valence-corrected chi connectivity index (χ2v) is 9.59. The van der Waals surface area contributed by atoms with Crippen LogP contribution in [0.2, 0.25) is 5.02 Å². The molecule has 0 saturated carbocycles. The number of quaternary nitrogens is 1. The number of aliphatic carboxylic acids is 1. The Bertz CT molecular complexity index is 1330. The summed E-state index contributed by atoms with van der Waals surface area (Å²) in [5.74, 6) is -0.678. The van der Waals surface area contributed by atoms with Crippen LogP contribution in [0.15, 0.2) is 60.7 Å². The van der Waals surface area contributed by atoms with Gasteiger partial charge in [-0.1, -0.05) is 48.0 Å². The lowest BCUT2D eigenvalue weighted by Crippen LogP contribution is -2.74. The summed E-state index contributed by atoms with van der Waals surface area (Å²) in [5.41, 5.74) is 3.64. The van der Waals surface area contributed by atoms with E-state index in [0.717, 1.165) is 22.4 Å². The smallest absolute Gasteiger partial charge is 0.481 e. The standard InChI is InChI=1S/C27H23ClFNO5/c1-16-25-14-30(16,27(33)34-15-20-5-7-22(28)12-23(20)29)13-21-11-19(6-8-24(21)35-25)18-4-2-3-17(9-18)10-26(31)32/h2-9,11-12,16,25H,10,13-15H2,1H3/p+1. The fourth-order valence-corrected chi connectivity index (χ4v) is 5.04. The third kappa shape index (κ3) is 4.37. The molecular weight excluding hydrogens is 473 g/mol. The van der Waals surface area contributed by atoms with E-state index in [1.54, 1.807) is 12.1 Å². The molecule has 6 nitrogen and oxygen atoms in total. The van der Waals surface area contributed by atoms with Gasteiger partial charge in [-0.05, 0) is 47.9 Å². The van der Waals surface area contributed by atoms with Gasteiger partial charge in [0.2, 0.25) is 0 Å². The molecule has 1 fully saturated rings. The topological polar surface area (TPSA) is 72.8 Å². The Morgan fingerprint density at radius 3 is 2.69 bits per heavy atom. The lowest BCUT2D eigenvalue weighted by Gasteiger charge is -2.49. The maximum atomic E-state index is 14.2. The predicted molar refractivity (Wildman–Crippen MR) is 128 cm³/mol. The van der Waals surface area contributed by atoms with Crippen LogP contribution in [0.3, 0.4) is 0 Å². The van der Waals surface area contributed by atoms with Crippen LogP contribution in [0.1, 0.15) is 23.6 Å². The maximum Gasteiger partial charge on any atom is 0.517 e. The van der Waals surface area contributed by atoms with Crippen molar-refractivity contribution >= 4 is 23.7 Å². The minimum absolute atomic E-state index is 0.0544. The van der Waals surface area contributed by atoms with E-state index in [0.29, 0.717) is 18.7 Å². The molecule has 1 saturated heterocycles. The van der Waals surface area contributed by atoms with Crippen LogP contribution in [0.5, 0.6) is 5.75 Å². The van der Waals surface area contributed by atoms with Gasteiger partial charge in [0, 0.05) is 16.1 Å². The Hall–Kier alpha value is -3.42. The van der Waals surface area contributed by atoms with Crippen molar-refractivity contribution in [3.8, 4) is 16.9 Å². The monoisotopic (exact) mass is 496 g/mol. The first-order chi connectivity index (χ1) is 16.7. The highest BCUT2D eigenvalue weighted by Crippen LogP contribution is 2.43. The second kappa shape index (κ2) is 8.98. The number of carbonyl (C=O) groups is 2. The van der Waals surface area contributed by atoms with Crippen molar-refractivity contribution in [2.45, 2.75) is 38.6 Å². The molecule has 6 rings (SSSR count). The normalized spacial score (nSPS) is 22.3. The van der Waals surface area contributed by atoms with E-state index in [9.17, 15) is 14.0 Å². The van der Waals surface area contributed by atoms with Crippen LogP contribution in [0.4, 0.5) is 9.18 Å². The number of halogens is 2. The lowest BCUT2D eigenvalue weighted by atomic mass is 9.95. The first-order valence-corrected chi connectivity index (χ1v) is 11.7. The third-order valence-corrected chi connectivity index (χ3v) is 7.20. The van der Waals surface area contributed by atoms with Crippen molar-refractivity contribution in [3.05, 3.63) is 88.2 Å². The summed E-state index contributed by atoms with van der Waals surface area (Å²) in [5, 5.41) is 9.39. The zero-order valence-electron chi connectivity index (χ0n) is 19.0. The van der Waals surface area contributed by atoms with Crippen LogP contribution >= 0.6 is 11.6 Å². The van der Waals surface area contributed by atoms with E-state index >= 15 is 0 Å². The molecule has 180 valence electrons. The SMILES string of the molecule is CC1C2C[N+]1(C(=O)OCc1ccc(Cl)cc1F)Cc1cc(-c3cccc(CC(=O)O)c3)ccc1O2. The molecule has 35 heavy (non-hydrogen) atoms. The highest BCUT2D eigenvalue weighted by atomic mass is 35.5. The van der Waals surface area contributed by atoms with E-state index in [2.05, 4.69) is 0 Å². The average Bonchev–Trinajstić information content (AvgIpc) is 3.07. The van der Waals surface area contributed by atoms with Crippen LogP contribution in [-0.4, -0.2) is 40.3 Å². The van der Waals surface area contributed by atoms with Gasteiger partial charge < -0.3 is 14.6 Å². The number of rotatable bonds is 5. The summed E-state index contributed by atoms with van der Waals surface area (Å²) in [6.45, 7) is 2.64. The molecule has 3 atom stereocenters. The van der Waals surface area contributed by atoms with Gasteiger partial charge >= 0.3 is 12.1 Å². The van der Waals surface area contributed by atoms with Gasteiger partial charge in [0.25, 0.3) is 0 Å². The fraction of sp³-hybridized carbons (Fsp3) is 0.259. The summed E-state index contributed by atoms with van der Waals surface area (Å²) in [6, 6.07) is 17.4. The molecule has 3 aromatic carbocycles. The molecule has 2 bridgehead atoms. The van der Waals surface area contributed by atoms with Gasteiger partial charge in [-0.3, -0.25) is 4.79 Å². The Kier molecular flexibility index (Phi) is 5.99. The largest absolute Gasteiger partial charge is 0.517 e. The molecule has 8 heteroatoms. The molecule has 0 radical (unpaired) electrons. The first kappa shape index (κ1) is 23.3. The fourth-order valence-electron chi connectivity index (χ4n) is 4.88. The van der Waals surface area contributed by atoms with E-state index in [4.69, 9.17) is 26.2 Å². The summed E-state index contributed by atoms with van der Waals surface area (Å²) in [6.07, 6.45) is -0.601. The van der Waals surface area contributed by atoms with Crippen molar-refractivity contribution in [1.29, 1.82) is 0 Å². The van der Waals surface area contributed by atoms with E-state index < -0.39 is 17.9 Å². The van der Waals surface area contributed by atoms with Crippen molar-refractivity contribution in [2.75, 3.05) is 6.54 Å². The summed E-state index contributed by atoms with van der Waals surface area (Å²) in [7, 11) is 0. The van der Waals surface area contributed by atoms with Gasteiger partial charge in [0.05, 0.1) is 6.42 Å². The Labute approximate surface area is 207 Å². The van der Waals surface area contributed by atoms with E-state index in [1.807, 2.05) is 43.3 Å². The summed E-state index contributed by atoms with van der Waals surface area (Å²) in [4.78, 5) is 24.4. The van der Waals surface area contributed by atoms with Crippen LogP contribution < -0.4 is 4.74 Å². The highest BCUT2D eigenvalue weighted by molar-refractivity contribution is 6.30. The van der Waals surface area contributed by atoms with Gasteiger partial charge in [0.1, 0.15) is 37.3 Å². The number of benzene rings is 3. The minimum atomic E-state index is -0.887. The number of carbonyl (C=O) groups excluding carboxylic acids is 1. The molecule has 3 aliphatic rings. The van der Waals surface area contributed by atoms with Gasteiger partial charge in [-0.25, -0.2) is 8.87 Å². The Morgan fingerprint density at radius 2 is 1.94 bits per heavy atom. The maximum absolute atomic E-state index is 14.2. The average molecular weight is 497 g/mol. The van der Waals surface area contributed by atoms with Gasteiger partial charge in [-0.2, -0.15) is 4.79 Å². The summed E-state index contributed by atoms with van der Waals surface area (Å²) < 4.78 is 26.0.